The molecule has 3 N–H and O–H groups in total. The van der Waals surface area contributed by atoms with Crippen LogP contribution in [-0.2, 0) is 9.59 Å². The van der Waals surface area contributed by atoms with Crippen molar-refractivity contribution >= 4 is 23.4 Å². The van der Waals surface area contributed by atoms with Gasteiger partial charge in [-0.25, -0.2) is 4.98 Å². The fourth-order valence-corrected chi connectivity index (χ4v) is 1.01. The highest BCUT2D eigenvalue weighted by Gasteiger charge is 2.07. The molecule has 0 saturated carbocycles. The number of rotatable bonds is 6. The van der Waals surface area contributed by atoms with Gasteiger partial charge in [0.1, 0.15) is 18.6 Å². The molecule has 96 valence electrons. The van der Waals surface area contributed by atoms with Crippen molar-refractivity contribution in [1.82, 2.24) is 10.3 Å². The standard InChI is InChI=1S/C9H10N4O5/c14-8(12-5-9(15)16)4-11-7-2-1-6(3-10-7)13(17)18/h1-3H,4-5H2,(H,10,11)(H,12,14)(H,15,16). The molecule has 0 unspecified atom stereocenters. The summed E-state index contributed by atoms with van der Waals surface area (Å²) in [4.78, 5) is 34.8. The maximum absolute atomic E-state index is 11.1. The summed E-state index contributed by atoms with van der Waals surface area (Å²) in [5.74, 6) is -1.37. The highest BCUT2D eigenvalue weighted by molar-refractivity contribution is 5.84. The Labute approximate surface area is 101 Å². The highest BCUT2D eigenvalue weighted by Crippen LogP contribution is 2.11. The number of nitrogens with zero attached hydrogens (tertiary/aromatic N) is 2. The van der Waals surface area contributed by atoms with E-state index in [9.17, 15) is 19.7 Å². The quantitative estimate of drug-likeness (QED) is 0.464. The van der Waals surface area contributed by atoms with Gasteiger partial charge in [-0.3, -0.25) is 19.7 Å². The summed E-state index contributed by atoms with van der Waals surface area (Å²) >= 11 is 0. The molecular formula is C9H10N4O5. The molecule has 18 heavy (non-hydrogen) atoms. The molecule has 9 heteroatoms. The van der Waals surface area contributed by atoms with E-state index in [1.807, 2.05) is 0 Å². The van der Waals surface area contributed by atoms with Gasteiger partial charge in [-0.05, 0) is 6.07 Å². The maximum Gasteiger partial charge on any atom is 0.322 e. The summed E-state index contributed by atoms with van der Waals surface area (Å²) in [7, 11) is 0. The summed E-state index contributed by atoms with van der Waals surface area (Å²) in [6.07, 6.45) is 1.05. The van der Waals surface area contributed by atoms with Crippen LogP contribution in [0.25, 0.3) is 0 Å². The first-order chi connectivity index (χ1) is 8.49. The Hall–Kier alpha value is -2.71. The van der Waals surface area contributed by atoms with Crippen LogP contribution >= 0.6 is 0 Å². The summed E-state index contributed by atoms with van der Waals surface area (Å²) in [5, 5.41) is 23.4. The second-order valence-corrected chi connectivity index (χ2v) is 3.18. The van der Waals surface area contributed by atoms with Gasteiger partial charge in [-0.2, -0.15) is 0 Å². The minimum atomic E-state index is -1.14. The second-order valence-electron chi connectivity index (χ2n) is 3.18. The Morgan fingerprint density at radius 2 is 2.11 bits per heavy atom. The average Bonchev–Trinajstić information content (AvgIpc) is 2.34. The molecule has 0 aromatic carbocycles. The molecule has 1 heterocycles. The lowest BCUT2D eigenvalue weighted by molar-refractivity contribution is -0.385. The van der Waals surface area contributed by atoms with E-state index in [1.165, 1.54) is 12.1 Å². The third-order valence-corrected chi connectivity index (χ3v) is 1.83. The molecule has 0 atom stereocenters. The molecule has 0 saturated heterocycles. The molecule has 0 aliphatic carbocycles. The van der Waals surface area contributed by atoms with E-state index in [1.54, 1.807) is 0 Å². The largest absolute Gasteiger partial charge is 0.480 e. The SMILES string of the molecule is O=C(O)CNC(=O)CNc1ccc([N+](=O)[O-])cn1. The van der Waals surface area contributed by atoms with E-state index in [4.69, 9.17) is 5.11 Å². The van der Waals surface area contributed by atoms with Crippen LogP contribution in [0.3, 0.4) is 0 Å². The lowest BCUT2D eigenvalue weighted by atomic mass is 10.4. The van der Waals surface area contributed by atoms with Crippen molar-refractivity contribution in [2.45, 2.75) is 0 Å². The van der Waals surface area contributed by atoms with Crippen molar-refractivity contribution in [2.24, 2.45) is 0 Å². The van der Waals surface area contributed by atoms with Gasteiger partial charge in [0.25, 0.3) is 5.69 Å². The first-order valence-electron chi connectivity index (χ1n) is 4.82. The van der Waals surface area contributed by atoms with Crippen molar-refractivity contribution in [3.63, 3.8) is 0 Å². The van der Waals surface area contributed by atoms with E-state index in [0.29, 0.717) is 0 Å². The Bertz CT molecular complexity index is 459. The predicted molar refractivity (Wildman–Crippen MR) is 60.0 cm³/mol. The average molecular weight is 254 g/mol. The van der Waals surface area contributed by atoms with Crippen molar-refractivity contribution in [3.8, 4) is 0 Å². The molecule has 0 aliphatic heterocycles. The second kappa shape index (κ2) is 6.13. The molecule has 0 aliphatic rings. The monoisotopic (exact) mass is 254 g/mol. The van der Waals surface area contributed by atoms with E-state index >= 15 is 0 Å². The molecule has 1 rings (SSSR count). The zero-order chi connectivity index (χ0) is 13.5. The highest BCUT2D eigenvalue weighted by atomic mass is 16.6. The number of carboxylic acids is 1. The van der Waals surface area contributed by atoms with Gasteiger partial charge < -0.3 is 15.7 Å². The van der Waals surface area contributed by atoms with Crippen molar-refractivity contribution in [3.05, 3.63) is 28.4 Å². The number of hydrogen-bond acceptors (Lipinski definition) is 6. The van der Waals surface area contributed by atoms with Gasteiger partial charge in [-0.15, -0.1) is 0 Å². The van der Waals surface area contributed by atoms with Crippen LogP contribution in [-0.4, -0.2) is 40.0 Å². The normalized spacial score (nSPS) is 9.56. The number of carboxylic acid groups (broad SMARTS) is 1. The van der Waals surface area contributed by atoms with E-state index in [-0.39, 0.29) is 18.1 Å². The van der Waals surface area contributed by atoms with Crippen LogP contribution in [0, 0.1) is 10.1 Å². The number of nitro groups is 1. The maximum atomic E-state index is 11.1. The lowest BCUT2D eigenvalue weighted by Gasteiger charge is -2.04. The third-order valence-electron chi connectivity index (χ3n) is 1.83. The molecule has 0 bridgehead atoms. The summed E-state index contributed by atoms with van der Waals surface area (Å²) in [6, 6.07) is 2.59. The van der Waals surface area contributed by atoms with E-state index in [2.05, 4.69) is 15.6 Å². The van der Waals surface area contributed by atoms with Crippen molar-refractivity contribution in [1.29, 1.82) is 0 Å². The lowest BCUT2D eigenvalue weighted by Crippen LogP contribution is -2.33. The summed E-state index contributed by atoms with van der Waals surface area (Å²) in [6.45, 7) is -0.633. The number of carbonyl (C=O) groups is 2. The molecule has 0 radical (unpaired) electrons. The fourth-order valence-electron chi connectivity index (χ4n) is 1.01. The number of nitrogens with one attached hydrogen (secondary N) is 2. The third kappa shape index (κ3) is 4.43. The Balaban J connectivity index is 2.41. The minimum absolute atomic E-state index is 0.157. The number of amides is 1. The molecule has 9 nitrogen and oxygen atoms in total. The van der Waals surface area contributed by atoms with Crippen LogP contribution in [0.15, 0.2) is 18.3 Å². The minimum Gasteiger partial charge on any atom is -0.480 e. The Morgan fingerprint density at radius 1 is 1.39 bits per heavy atom. The molecule has 1 amide bonds. The predicted octanol–water partition coefficient (Wildman–Crippen LogP) is -0.397. The molecule has 0 spiro atoms. The number of aliphatic carboxylic acids is 1. The topological polar surface area (TPSA) is 134 Å². The molecule has 1 aromatic heterocycles. The smallest absolute Gasteiger partial charge is 0.322 e. The first kappa shape index (κ1) is 13.4. The zero-order valence-corrected chi connectivity index (χ0v) is 9.12. The van der Waals surface area contributed by atoms with Gasteiger partial charge >= 0.3 is 5.97 Å². The summed E-state index contributed by atoms with van der Waals surface area (Å²) in [5.41, 5.74) is -0.157. The van der Waals surface area contributed by atoms with Gasteiger partial charge in [0.15, 0.2) is 0 Å². The van der Waals surface area contributed by atoms with Gasteiger partial charge in [0, 0.05) is 6.07 Å². The van der Waals surface area contributed by atoms with Gasteiger partial charge in [-0.1, -0.05) is 0 Å². The Morgan fingerprint density at radius 3 is 2.61 bits per heavy atom. The van der Waals surface area contributed by atoms with Crippen LogP contribution in [0.4, 0.5) is 11.5 Å². The van der Waals surface area contributed by atoms with Crippen LogP contribution in [0.5, 0.6) is 0 Å². The zero-order valence-electron chi connectivity index (χ0n) is 9.12. The number of anilines is 1. The number of carbonyl (C=O) groups excluding carboxylic acids is 1. The van der Waals surface area contributed by atoms with Crippen LogP contribution < -0.4 is 10.6 Å². The number of hydrogen-bond donors (Lipinski definition) is 3. The molecular weight excluding hydrogens is 244 g/mol. The van der Waals surface area contributed by atoms with Gasteiger partial charge in [0.05, 0.1) is 11.5 Å². The van der Waals surface area contributed by atoms with E-state index in [0.717, 1.165) is 6.20 Å². The first-order valence-corrected chi connectivity index (χ1v) is 4.82. The van der Waals surface area contributed by atoms with Crippen molar-refractivity contribution in [2.75, 3.05) is 18.4 Å². The van der Waals surface area contributed by atoms with Crippen LogP contribution in [0.1, 0.15) is 0 Å². The van der Waals surface area contributed by atoms with Crippen LogP contribution in [0.2, 0.25) is 0 Å². The summed E-state index contributed by atoms with van der Waals surface area (Å²) < 4.78 is 0. The molecule has 1 aromatic rings. The Kier molecular flexibility index (Phi) is 4.55. The van der Waals surface area contributed by atoms with Crippen molar-refractivity contribution < 1.29 is 19.6 Å². The number of aromatic nitrogens is 1. The number of pyridine rings is 1. The fraction of sp³-hybridized carbons (Fsp3) is 0.222. The van der Waals surface area contributed by atoms with E-state index < -0.39 is 23.3 Å². The molecule has 0 fully saturated rings. The van der Waals surface area contributed by atoms with Gasteiger partial charge in [0.2, 0.25) is 5.91 Å².